The second kappa shape index (κ2) is 5.32. The molecule has 0 saturated carbocycles. The Bertz CT molecular complexity index is 390. The summed E-state index contributed by atoms with van der Waals surface area (Å²) in [4.78, 5) is 11.6. The lowest BCUT2D eigenvalue weighted by atomic mass is 9.91. The summed E-state index contributed by atoms with van der Waals surface area (Å²) in [5.41, 5.74) is 0.245. The molecule has 0 N–H and O–H groups in total. The minimum absolute atomic E-state index is 0.258. The molecule has 0 bridgehead atoms. The van der Waals surface area contributed by atoms with E-state index in [1.165, 1.54) is 0 Å². The number of nitrogens with zero attached hydrogens (tertiary/aromatic N) is 1. The van der Waals surface area contributed by atoms with Crippen LogP contribution in [0.25, 0.3) is 0 Å². The second-order valence-electron chi connectivity index (χ2n) is 4.44. The molecule has 0 saturated heterocycles. The third kappa shape index (κ3) is 3.74. The van der Waals surface area contributed by atoms with Crippen molar-refractivity contribution >= 4 is 5.97 Å². The highest BCUT2D eigenvalue weighted by atomic mass is 16.5. The van der Waals surface area contributed by atoms with Crippen LogP contribution in [0.3, 0.4) is 0 Å². The van der Waals surface area contributed by atoms with Crippen molar-refractivity contribution < 1.29 is 9.53 Å². The van der Waals surface area contributed by atoms with Crippen LogP contribution in [0.1, 0.15) is 30.6 Å². The van der Waals surface area contributed by atoms with Crippen molar-refractivity contribution in [2.24, 2.45) is 5.41 Å². The fourth-order valence-corrected chi connectivity index (χ4v) is 1.18. The van der Waals surface area contributed by atoms with Gasteiger partial charge in [-0.05, 0) is 12.1 Å². The first kappa shape index (κ1) is 12.3. The molecule has 0 unspecified atom stereocenters. The maximum atomic E-state index is 11.6. The SMILES string of the molecule is CC(C)(CC#N)COC(=O)c1ccccc1. The molecule has 84 valence electrons. The molecule has 0 aliphatic heterocycles. The molecule has 0 aliphatic carbocycles. The molecule has 0 heterocycles. The van der Waals surface area contributed by atoms with E-state index in [9.17, 15) is 4.79 Å². The van der Waals surface area contributed by atoms with Gasteiger partial charge in [-0.25, -0.2) is 4.79 Å². The fraction of sp³-hybridized carbons (Fsp3) is 0.385. The highest BCUT2D eigenvalue weighted by Crippen LogP contribution is 2.20. The van der Waals surface area contributed by atoms with Crippen molar-refractivity contribution in [1.29, 1.82) is 5.26 Å². The van der Waals surface area contributed by atoms with Gasteiger partial charge < -0.3 is 4.74 Å². The van der Waals surface area contributed by atoms with Crippen LogP contribution in [-0.2, 0) is 4.74 Å². The summed E-state index contributed by atoms with van der Waals surface area (Å²) < 4.78 is 5.16. The van der Waals surface area contributed by atoms with E-state index in [0.717, 1.165) is 0 Å². The Balaban J connectivity index is 2.51. The molecule has 1 rings (SSSR count). The summed E-state index contributed by atoms with van der Waals surface area (Å²) in [6.45, 7) is 4.05. The molecule has 16 heavy (non-hydrogen) atoms. The van der Waals surface area contributed by atoms with Crippen molar-refractivity contribution in [1.82, 2.24) is 0 Å². The summed E-state index contributed by atoms with van der Waals surface area (Å²) in [7, 11) is 0. The maximum absolute atomic E-state index is 11.6. The Hall–Kier alpha value is -1.82. The predicted molar refractivity (Wildman–Crippen MR) is 60.7 cm³/mol. The Labute approximate surface area is 95.7 Å². The number of rotatable bonds is 4. The molecule has 3 heteroatoms. The van der Waals surface area contributed by atoms with Crippen LogP contribution >= 0.6 is 0 Å². The summed E-state index contributed by atoms with van der Waals surface area (Å²) >= 11 is 0. The largest absolute Gasteiger partial charge is 0.461 e. The molecule has 3 nitrogen and oxygen atoms in total. The van der Waals surface area contributed by atoms with Gasteiger partial charge in [-0.1, -0.05) is 32.0 Å². The molecule has 0 amide bonds. The van der Waals surface area contributed by atoms with Gasteiger partial charge in [0.05, 0.1) is 18.2 Å². The molecular weight excluding hydrogens is 202 g/mol. The van der Waals surface area contributed by atoms with Crippen molar-refractivity contribution in [3.05, 3.63) is 35.9 Å². The molecular formula is C13H15NO2. The number of esters is 1. The zero-order chi connectivity index (χ0) is 12.0. The van der Waals surface area contributed by atoms with Gasteiger partial charge in [0, 0.05) is 11.8 Å². The minimum atomic E-state index is -0.341. The van der Waals surface area contributed by atoms with Crippen molar-refractivity contribution in [2.45, 2.75) is 20.3 Å². The number of ether oxygens (including phenoxy) is 1. The normalized spacial score (nSPS) is 10.6. The van der Waals surface area contributed by atoms with Gasteiger partial charge in [0.1, 0.15) is 0 Å². The van der Waals surface area contributed by atoms with Crippen LogP contribution in [0.4, 0.5) is 0 Å². The smallest absolute Gasteiger partial charge is 0.338 e. The first-order valence-corrected chi connectivity index (χ1v) is 5.14. The highest BCUT2D eigenvalue weighted by molar-refractivity contribution is 5.89. The first-order valence-electron chi connectivity index (χ1n) is 5.14. The topological polar surface area (TPSA) is 50.1 Å². The number of hydrogen-bond acceptors (Lipinski definition) is 3. The lowest BCUT2D eigenvalue weighted by Crippen LogP contribution is -2.21. The zero-order valence-corrected chi connectivity index (χ0v) is 9.56. The second-order valence-corrected chi connectivity index (χ2v) is 4.44. The van der Waals surface area contributed by atoms with E-state index in [-0.39, 0.29) is 18.0 Å². The van der Waals surface area contributed by atoms with Gasteiger partial charge >= 0.3 is 5.97 Å². The standard InChI is InChI=1S/C13H15NO2/c1-13(2,8-9-14)10-16-12(15)11-6-4-3-5-7-11/h3-7H,8,10H2,1-2H3. The Morgan fingerprint density at radius 3 is 2.56 bits per heavy atom. The number of benzene rings is 1. The van der Waals surface area contributed by atoms with Crippen molar-refractivity contribution in [3.8, 4) is 6.07 Å². The van der Waals surface area contributed by atoms with Crippen LogP contribution in [0.5, 0.6) is 0 Å². The van der Waals surface area contributed by atoms with Crippen LogP contribution in [0, 0.1) is 16.7 Å². The van der Waals surface area contributed by atoms with Crippen LogP contribution in [0.2, 0.25) is 0 Å². The average molecular weight is 217 g/mol. The van der Waals surface area contributed by atoms with Gasteiger partial charge in [0.25, 0.3) is 0 Å². The van der Waals surface area contributed by atoms with Crippen LogP contribution in [-0.4, -0.2) is 12.6 Å². The van der Waals surface area contributed by atoms with Crippen LogP contribution < -0.4 is 0 Å². The summed E-state index contributed by atoms with van der Waals surface area (Å²) in [5.74, 6) is -0.341. The number of nitriles is 1. The predicted octanol–water partition coefficient (Wildman–Crippen LogP) is 2.78. The van der Waals surface area contributed by atoms with Gasteiger partial charge in [-0.15, -0.1) is 0 Å². The Morgan fingerprint density at radius 2 is 2.00 bits per heavy atom. The molecule has 0 atom stereocenters. The lowest BCUT2D eigenvalue weighted by molar-refractivity contribution is 0.0347. The molecule has 0 fully saturated rings. The van der Waals surface area contributed by atoms with Gasteiger partial charge in [-0.3, -0.25) is 0 Å². The lowest BCUT2D eigenvalue weighted by Gasteiger charge is -2.20. The van der Waals surface area contributed by atoms with Gasteiger partial charge in [0.15, 0.2) is 0 Å². The quantitative estimate of drug-likeness (QED) is 0.728. The summed E-state index contributed by atoms with van der Waals surface area (Å²) in [5, 5.41) is 8.59. The van der Waals surface area contributed by atoms with E-state index in [4.69, 9.17) is 10.00 Å². The molecule has 0 aromatic heterocycles. The average Bonchev–Trinajstić information content (AvgIpc) is 2.27. The van der Waals surface area contributed by atoms with E-state index in [2.05, 4.69) is 6.07 Å². The molecule has 0 aliphatic rings. The third-order valence-electron chi connectivity index (χ3n) is 2.16. The summed E-state index contributed by atoms with van der Waals surface area (Å²) in [6.07, 6.45) is 0.370. The van der Waals surface area contributed by atoms with E-state index < -0.39 is 0 Å². The van der Waals surface area contributed by atoms with Gasteiger partial charge in [0.2, 0.25) is 0 Å². The van der Waals surface area contributed by atoms with E-state index in [0.29, 0.717) is 12.0 Å². The van der Waals surface area contributed by atoms with Crippen molar-refractivity contribution in [3.63, 3.8) is 0 Å². The zero-order valence-electron chi connectivity index (χ0n) is 9.56. The monoisotopic (exact) mass is 217 g/mol. The highest BCUT2D eigenvalue weighted by Gasteiger charge is 2.20. The molecule has 0 spiro atoms. The van der Waals surface area contributed by atoms with E-state index in [1.54, 1.807) is 24.3 Å². The van der Waals surface area contributed by atoms with Crippen LogP contribution in [0.15, 0.2) is 30.3 Å². The molecule has 0 radical (unpaired) electrons. The molecule has 1 aromatic rings. The fourth-order valence-electron chi connectivity index (χ4n) is 1.18. The number of carbonyl (C=O) groups is 1. The summed E-state index contributed by atoms with van der Waals surface area (Å²) in [6, 6.07) is 10.9. The van der Waals surface area contributed by atoms with Crippen molar-refractivity contribution in [2.75, 3.05) is 6.61 Å². The maximum Gasteiger partial charge on any atom is 0.338 e. The van der Waals surface area contributed by atoms with E-state index >= 15 is 0 Å². The number of hydrogen-bond donors (Lipinski definition) is 0. The Morgan fingerprint density at radius 1 is 1.38 bits per heavy atom. The minimum Gasteiger partial charge on any atom is -0.461 e. The third-order valence-corrected chi connectivity index (χ3v) is 2.16. The molecule has 1 aromatic carbocycles. The van der Waals surface area contributed by atoms with Gasteiger partial charge in [-0.2, -0.15) is 5.26 Å². The first-order chi connectivity index (χ1) is 7.55. The number of carbonyl (C=O) groups excluding carboxylic acids is 1. The van der Waals surface area contributed by atoms with E-state index in [1.807, 2.05) is 19.9 Å². The Kier molecular flexibility index (Phi) is 4.07.